The van der Waals surface area contributed by atoms with Crippen molar-refractivity contribution in [2.45, 2.75) is 31.6 Å². The lowest BCUT2D eigenvalue weighted by Crippen LogP contribution is -2.42. The normalized spacial score (nSPS) is 11.6. The van der Waals surface area contributed by atoms with Crippen molar-refractivity contribution in [3.63, 3.8) is 0 Å². The molecule has 0 aromatic heterocycles. The molecule has 0 radical (unpaired) electrons. The van der Waals surface area contributed by atoms with Gasteiger partial charge in [0.25, 0.3) is 0 Å². The van der Waals surface area contributed by atoms with Crippen molar-refractivity contribution in [1.29, 1.82) is 0 Å². The van der Waals surface area contributed by atoms with Crippen LogP contribution in [0.5, 0.6) is 0 Å². The molecule has 158 valence electrons. The molecule has 6 nitrogen and oxygen atoms in total. The van der Waals surface area contributed by atoms with Crippen molar-refractivity contribution in [2.24, 2.45) is 0 Å². The third-order valence-electron chi connectivity index (χ3n) is 4.62. The number of carbonyl (C=O) groups is 1. The summed E-state index contributed by atoms with van der Waals surface area (Å²) < 4.78 is 33.0. The number of hydrogen-bond donors (Lipinski definition) is 1. The minimum Gasteiger partial charge on any atom is -0.385 e. The molecule has 2 aromatic rings. The first-order chi connectivity index (χ1) is 13.8. The van der Waals surface area contributed by atoms with E-state index < -0.39 is 10.0 Å². The number of amides is 1. The quantitative estimate of drug-likeness (QED) is 0.569. The number of aryl methyl sites for hydroxylation is 2. The number of benzene rings is 2. The third-order valence-corrected chi connectivity index (χ3v) is 6.61. The molecule has 29 heavy (non-hydrogen) atoms. The van der Waals surface area contributed by atoms with Crippen LogP contribution in [-0.4, -0.2) is 52.0 Å². The lowest BCUT2D eigenvalue weighted by Gasteiger charge is -2.23. The number of nitrogens with one attached hydrogen (secondary N) is 1. The third kappa shape index (κ3) is 6.96. The van der Waals surface area contributed by atoms with Crippen LogP contribution in [-0.2, 0) is 26.0 Å². The van der Waals surface area contributed by atoms with E-state index in [0.29, 0.717) is 31.6 Å². The average Bonchev–Trinajstić information content (AvgIpc) is 2.70. The van der Waals surface area contributed by atoms with Crippen LogP contribution in [0.2, 0.25) is 0 Å². The van der Waals surface area contributed by atoms with E-state index >= 15 is 0 Å². The van der Waals surface area contributed by atoms with E-state index in [-0.39, 0.29) is 23.9 Å². The average molecular weight is 419 g/mol. The fourth-order valence-corrected chi connectivity index (χ4v) is 4.67. The molecule has 7 heteroatoms. The van der Waals surface area contributed by atoms with Gasteiger partial charge in [0, 0.05) is 26.8 Å². The maximum atomic E-state index is 13.4. The first-order valence-electron chi connectivity index (χ1n) is 9.71. The summed E-state index contributed by atoms with van der Waals surface area (Å²) in [5.41, 5.74) is 2.55. The first-order valence-corrected chi connectivity index (χ1v) is 11.2. The van der Waals surface area contributed by atoms with Gasteiger partial charge >= 0.3 is 0 Å². The van der Waals surface area contributed by atoms with Crippen LogP contribution in [0.4, 0.5) is 0 Å². The molecule has 0 aliphatic heterocycles. The van der Waals surface area contributed by atoms with E-state index in [1.54, 1.807) is 26.2 Å². The highest BCUT2D eigenvalue weighted by Gasteiger charge is 2.28. The molecule has 1 amide bonds. The fourth-order valence-electron chi connectivity index (χ4n) is 2.97. The van der Waals surface area contributed by atoms with Crippen LogP contribution in [0.1, 0.15) is 23.1 Å². The highest BCUT2D eigenvalue weighted by molar-refractivity contribution is 7.89. The number of rotatable bonds is 11. The molecule has 0 aliphatic carbocycles. The van der Waals surface area contributed by atoms with Crippen molar-refractivity contribution in [3.8, 4) is 0 Å². The molecule has 0 saturated heterocycles. The number of methoxy groups -OCH3 is 1. The number of ether oxygens (including phenoxy) is 1. The zero-order valence-corrected chi connectivity index (χ0v) is 18.2. The highest BCUT2D eigenvalue weighted by Crippen LogP contribution is 2.21. The van der Waals surface area contributed by atoms with Crippen LogP contribution < -0.4 is 5.32 Å². The van der Waals surface area contributed by atoms with Gasteiger partial charge in [-0.15, -0.1) is 0 Å². The zero-order chi connectivity index (χ0) is 21.3. The van der Waals surface area contributed by atoms with Gasteiger partial charge in [-0.25, -0.2) is 8.42 Å². The molecule has 0 spiro atoms. The van der Waals surface area contributed by atoms with E-state index in [2.05, 4.69) is 5.32 Å². The van der Waals surface area contributed by atoms with E-state index in [9.17, 15) is 13.2 Å². The summed E-state index contributed by atoms with van der Waals surface area (Å²) in [6, 6.07) is 15.0. The summed E-state index contributed by atoms with van der Waals surface area (Å²) in [6.07, 6.45) is 1.21. The zero-order valence-electron chi connectivity index (χ0n) is 17.3. The summed E-state index contributed by atoms with van der Waals surface area (Å²) >= 11 is 0. The SMILES string of the molecule is COCCCNC(=O)CN(CCc1ccccc1)S(=O)(=O)c1cc(C)ccc1C. The van der Waals surface area contributed by atoms with Crippen molar-refractivity contribution in [1.82, 2.24) is 9.62 Å². The predicted octanol–water partition coefficient (Wildman–Crippen LogP) is 2.69. The Hall–Kier alpha value is -2.22. The molecule has 0 unspecified atom stereocenters. The summed E-state index contributed by atoms with van der Waals surface area (Å²) in [5, 5.41) is 2.77. The van der Waals surface area contributed by atoms with Crippen molar-refractivity contribution in [3.05, 3.63) is 65.2 Å². The second-order valence-electron chi connectivity index (χ2n) is 7.04. The number of hydrogen-bond acceptors (Lipinski definition) is 4. The smallest absolute Gasteiger partial charge is 0.243 e. The Morgan fingerprint density at radius 2 is 1.83 bits per heavy atom. The molecule has 2 rings (SSSR count). The monoisotopic (exact) mass is 418 g/mol. The Kier molecular flexibility index (Phi) is 8.82. The molecule has 0 atom stereocenters. The molecular weight excluding hydrogens is 388 g/mol. The Morgan fingerprint density at radius 1 is 1.10 bits per heavy atom. The molecule has 0 bridgehead atoms. The fraction of sp³-hybridized carbons (Fsp3) is 0.409. The van der Waals surface area contributed by atoms with E-state index in [1.165, 1.54) is 4.31 Å². The molecule has 0 aliphatic rings. The summed E-state index contributed by atoms with van der Waals surface area (Å²) in [4.78, 5) is 12.6. The van der Waals surface area contributed by atoms with Gasteiger partial charge in [0.1, 0.15) is 0 Å². The van der Waals surface area contributed by atoms with Gasteiger partial charge in [-0.2, -0.15) is 4.31 Å². The molecule has 1 N–H and O–H groups in total. The minimum atomic E-state index is -3.81. The Labute approximate surface area is 173 Å². The summed E-state index contributed by atoms with van der Waals surface area (Å²) in [7, 11) is -2.21. The topological polar surface area (TPSA) is 75.7 Å². The van der Waals surface area contributed by atoms with E-state index in [4.69, 9.17) is 4.74 Å². The van der Waals surface area contributed by atoms with Gasteiger partial charge in [-0.1, -0.05) is 42.5 Å². The minimum absolute atomic E-state index is 0.213. The molecule has 0 fully saturated rings. The van der Waals surface area contributed by atoms with Gasteiger partial charge < -0.3 is 10.1 Å². The predicted molar refractivity (Wildman–Crippen MR) is 114 cm³/mol. The second-order valence-corrected chi connectivity index (χ2v) is 8.95. The number of carbonyl (C=O) groups excluding carboxylic acids is 1. The number of nitrogens with zero attached hydrogens (tertiary/aromatic N) is 1. The molecular formula is C22H30N2O4S. The lowest BCUT2D eigenvalue weighted by atomic mass is 10.1. The standard InChI is InChI=1S/C22H30N2O4S/c1-18-10-11-19(2)21(16-18)29(26,27)24(14-12-20-8-5-4-6-9-20)17-22(25)23-13-7-15-28-3/h4-6,8-11,16H,7,12-15,17H2,1-3H3,(H,23,25). The maximum absolute atomic E-state index is 13.4. The Balaban J connectivity index is 2.20. The molecule has 0 saturated carbocycles. The van der Waals surface area contributed by atoms with Gasteiger partial charge in [-0.05, 0) is 49.4 Å². The van der Waals surface area contributed by atoms with Crippen LogP contribution in [0.25, 0.3) is 0 Å². The Morgan fingerprint density at radius 3 is 2.52 bits per heavy atom. The van der Waals surface area contributed by atoms with E-state index in [0.717, 1.165) is 11.1 Å². The number of sulfonamides is 1. The van der Waals surface area contributed by atoms with Crippen LogP contribution in [0.3, 0.4) is 0 Å². The summed E-state index contributed by atoms with van der Waals surface area (Å²) in [6.45, 7) is 4.63. The summed E-state index contributed by atoms with van der Waals surface area (Å²) in [5.74, 6) is -0.317. The highest BCUT2D eigenvalue weighted by atomic mass is 32.2. The van der Waals surface area contributed by atoms with Crippen LogP contribution >= 0.6 is 0 Å². The second kappa shape index (κ2) is 11.1. The Bertz CT molecular complexity index is 898. The molecule has 2 aromatic carbocycles. The lowest BCUT2D eigenvalue weighted by molar-refractivity contribution is -0.121. The van der Waals surface area contributed by atoms with Crippen molar-refractivity contribution in [2.75, 3.05) is 33.4 Å². The van der Waals surface area contributed by atoms with Crippen molar-refractivity contribution < 1.29 is 17.9 Å². The maximum Gasteiger partial charge on any atom is 0.243 e. The van der Waals surface area contributed by atoms with E-state index in [1.807, 2.05) is 43.3 Å². The van der Waals surface area contributed by atoms with Gasteiger partial charge in [-0.3, -0.25) is 4.79 Å². The first kappa shape index (κ1) is 23.1. The largest absolute Gasteiger partial charge is 0.385 e. The van der Waals surface area contributed by atoms with Crippen LogP contribution in [0, 0.1) is 13.8 Å². The molecule has 0 heterocycles. The van der Waals surface area contributed by atoms with Crippen LogP contribution in [0.15, 0.2) is 53.4 Å². The van der Waals surface area contributed by atoms with Gasteiger partial charge in [0.05, 0.1) is 11.4 Å². The van der Waals surface area contributed by atoms with Gasteiger partial charge in [0.2, 0.25) is 15.9 Å². The van der Waals surface area contributed by atoms with Crippen molar-refractivity contribution >= 4 is 15.9 Å². The van der Waals surface area contributed by atoms with Gasteiger partial charge in [0.15, 0.2) is 0 Å².